The molecule has 1 heterocycles. The molecule has 0 amide bonds. The second-order valence-corrected chi connectivity index (χ2v) is 6.85. The van der Waals surface area contributed by atoms with Gasteiger partial charge in [0.05, 0.1) is 13.2 Å². The van der Waals surface area contributed by atoms with Gasteiger partial charge in [-0.2, -0.15) is 0 Å². The number of ether oxygens (including phenoxy) is 1. The van der Waals surface area contributed by atoms with E-state index in [0.717, 1.165) is 45.8 Å². The van der Waals surface area contributed by atoms with Crippen molar-refractivity contribution in [2.24, 2.45) is 5.73 Å². The average Bonchev–Trinajstić information content (AvgIpc) is 3.28. The van der Waals surface area contributed by atoms with Crippen molar-refractivity contribution in [3.8, 4) is 0 Å². The van der Waals surface area contributed by atoms with Crippen LogP contribution in [0.3, 0.4) is 0 Å². The molecule has 1 aliphatic carbocycles. The predicted octanol–water partition coefficient (Wildman–Crippen LogP) is 2.31. The lowest BCUT2D eigenvalue weighted by atomic mass is 9.95. The minimum absolute atomic E-state index is 0.283. The smallest absolute Gasteiger partial charge is 0.0594 e. The van der Waals surface area contributed by atoms with Crippen LogP contribution >= 0.6 is 15.9 Å². The molecule has 110 valence electrons. The van der Waals surface area contributed by atoms with Crippen LogP contribution in [0.15, 0.2) is 22.7 Å². The van der Waals surface area contributed by atoms with Crippen molar-refractivity contribution in [3.05, 3.63) is 33.8 Å². The number of hydrogen-bond donors (Lipinski definition) is 1. The third-order valence-corrected chi connectivity index (χ3v) is 5.45. The van der Waals surface area contributed by atoms with E-state index in [4.69, 9.17) is 10.5 Å². The zero-order valence-corrected chi connectivity index (χ0v) is 13.5. The summed E-state index contributed by atoms with van der Waals surface area (Å²) >= 11 is 3.74. The Morgan fingerprint density at radius 3 is 2.60 bits per heavy atom. The fraction of sp³-hybridized carbons (Fsp3) is 0.625. The summed E-state index contributed by atoms with van der Waals surface area (Å²) in [4.78, 5) is 2.48. The highest BCUT2D eigenvalue weighted by atomic mass is 79.9. The van der Waals surface area contributed by atoms with Gasteiger partial charge in [-0.3, -0.25) is 4.90 Å². The lowest BCUT2D eigenvalue weighted by Gasteiger charge is -2.26. The largest absolute Gasteiger partial charge is 0.379 e. The highest BCUT2D eigenvalue weighted by Crippen LogP contribution is 2.47. The van der Waals surface area contributed by atoms with Gasteiger partial charge in [-0.1, -0.05) is 28.1 Å². The summed E-state index contributed by atoms with van der Waals surface area (Å²) in [6.45, 7) is 5.76. The van der Waals surface area contributed by atoms with E-state index in [-0.39, 0.29) is 5.41 Å². The normalized spacial score (nSPS) is 21.9. The molecule has 1 aromatic carbocycles. The van der Waals surface area contributed by atoms with Gasteiger partial charge in [-0.15, -0.1) is 0 Å². The van der Waals surface area contributed by atoms with Gasteiger partial charge in [-0.25, -0.2) is 0 Å². The Labute approximate surface area is 129 Å². The molecule has 0 radical (unpaired) electrons. The Balaban J connectivity index is 1.62. The molecule has 2 N–H and O–H groups in total. The van der Waals surface area contributed by atoms with Crippen molar-refractivity contribution in [2.45, 2.75) is 24.7 Å². The molecule has 0 unspecified atom stereocenters. The van der Waals surface area contributed by atoms with Gasteiger partial charge in [0.25, 0.3) is 0 Å². The molecule has 1 aliphatic heterocycles. The standard InChI is InChI=1S/C16H23BrN2O/c17-15-11-14(16(12-18)4-5-16)2-1-13(15)3-6-19-7-9-20-10-8-19/h1-2,11H,3-10,12,18H2. The Bertz CT molecular complexity index is 468. The molecule has 3 nitrogen and oxygen atoms in total. The summed E-state index contributed by atoms with van der Waals surface area (Å²) in [6, 6.07) is 6.84. The quantitative estimate of drug-likeness (QED) is 0.895. The monoisotopic (exact) mass is 338 g/mol. The van der Waals surface area contributed by atoms with Crippen LogP contribution in [0.5, 0.6) is 0 Å². The number of benzene rings is 1. The Morgan fingerprint density at radius 2 is 2.00 bits per heavy atom. The maximum Gasteiger partial charge on any atom is 0.0594 e. The number of rotatable bonds is 5. The van der Waals surface area contributed by atoms with Crippen molar-refractivity contribution < 1.29 is 4.74 Å². The summed E-state index contributed by atoms with van der Waals surface area (Å²) in [5.74, 6) is 0. The number of hydrogen-bond acceptors (Lipinski definition) is 3. The van der Waals surface area contributed by atoms with Crippen molar-refractivity contribution in [1.29, 1.82) is 0 Å². The predicted molar refractivity (Wildman–Crippen MR) is 85.1 cm³/mol. The molecular formula is C16H23BrN2O. The summed E-state index contributed by atoms with van der Waals surface area (Å²) < 4.78 is 6.62. The molecule has 1 saturated carbocycles. The third kappa shape index (κ3) is 3.08. The maximum atomic E-state index is 5.91. The van der Waals surface area contributed by atoms with Gasteiger partial charge in [0, 0.05) is 36.1 Å². The lowest BCUT2D eigenvalue weighted by Crippen LogP contribution is -2.37. The van der Waals surface area contributed by atoms with E-state index in [1.807, 2.05) is 0 Å². The molecule has 3 rings (SSSR count). The summed E-state index contributed by atoms with van der Waals surface area (Å²) in [5.41, 5.74) is 9.00. The van der Waals surface area contributed by atoms with E-state index < -0.39 is 0 Å². The van der Waals surface area contributed by atoms with E-state index in [2.05, 4.69) is 39.0 Å². The second kappa shape index (κ2) is 6.14. The van der Waals surface area contributed by atoms with Gasteiger partial charge < -0.3 is 10.5 Å². The van der Waals surface area contributed by atoms with Crippen LogP contribution in [-0.4, -0.2) is 44.3 Å². The minimum Gasteiger partial charge on any atom is -0.379 e. The first-order chi connectivity index (χ1) is 9.73. The van der Waals surface area contributed by atoms with Crippen molar-refractivity contribution in [2.75, 3.05) is 39.4 Å². The Morgan fingerprint density at radius 1 is 1.25 bits per heavy atom. The number of halogens is 1. The molecule has 0 bridgehead atoms. The fourth-order valence-corrected chi connectivity index (χ4v) is 3.52. The number of nitrogens with zero attached hydrogens (tertiary/aromatic N) is 1. The first-order valence-electron chi connectivity index (χ1n) is 7.53. The van der Waals surface area contributed by atoms with Gasteiger partial charge in [0.15, 0.2) is 0 Å². The number of nitrogens with two attached hydrogens (primary N) is 1. The minimum atomic E-state index is 0.283. The Kier molecular flexibility index (Phi) is 4.46. The van der Waals surface area contributed by atoms with Crippen LogP contribution < -0.4 is 5.73 Å². The van der Waals surface area contributed by atoms with Gasteiger partial charge in [-0.05, 0) is 36.5 Å². The van der Waals surface area contributed by atoms with E-state index in [1.54, 1.807) is 0 Å². The van der Waals surface area contributed by atoms with Crippen LogP contribution in [0.25, 0.3) is 0 Å². The first kappa shape index (κ1) is 14.5. The average molecular weight is 339 g/mol. The van der Waals surface area contributed by atoms with Gasteiger partial charge >= 0.3 is 0 Å². The highest BCUT2D eigenvalue weighted by molar-refractivity contribution is 9.10. The highest BCUT2D eigenvalue weighted by Gasteiger charge is 2.42. The van der Waals surface area contributed by atoms with Crippen molar-refractivity contribution in [1.82, 2.24) is 4.90 Å². The van der Waals surface area contributed by atoms with E-state index in [0.29, 0.717) is 0 Å². The summed E-state index contributed by atoms with van der Waals surface area (Å²) in [6.07, 6.45) is 3.57. The van der Waals surface area contributed by atoms with Crippen LogP contribution in [0, 0.1) is 0 Å². The summed E-state index contributed by atoms with van der Waals surface area (Å²) in [5, 5.41) is 0. The molecular weight excluding hydrogens is 316 g/mol. The molecule has 4 heteroatoms. The molecule has 2 aliphatic rings. The SMILES string of the molecule is NCC1(c2ccc(CCN3CCOCC3)c(Br)c2)CC1. The van der Waals surface area contributed by atoms with Crippen molar-refractivity contribution >= 4 is 15.9 Å². The molecule has 2 fully saturated rings. The van der Waals surface area contributed by atoms with Crippen LogP contribution in [0.4, 0.5) is 0 Å². The second-order valence-electron chi connectivity index (χ2n) is 5.99. The molecule has 20 heavy (non-hydrogen) atoms. The molecule has 1 saturated heterocycles. The summed E-state index contributed by atoms with van der Waals surface area (Å²) in [7, 11) is 0. The van der Waals surface area contributed by atoms with Crippen LogP contribution in [0.1, 0.15) is 24.0 Å². The third-order valence-electron chi connectivity index (χ3n) is 4.71. The topological polar surface area (TPSA) is 38.5 Å². The van der Waals surface area contributed by atoms with Gasteiger partial charge in [0.1, 0.15) is 0 Å². The Hall–Kier alpha value is -0.420. The van der Waals surface area contributed by atoms with E-state index in [1.165, 1.54) is 28.4 Å². The maximum absolute atomic E-state index is 5.91. The van der Waals surface area contributed by atoms with Crippen LogP contribution in [0.2, 0.25) is 0 Å². The van der Waals surface area contributed by atoms with E-state index in [9.17, 15) is 0 Å². The number of morpholine rings is 1. The van der Waals surface area contributed by atoms with Crippen molar-refractivity contribution in [3.63, 3.8) is 0 Å². The molecule has 0 aromatic heterocycles. The lowest BCUT2D eigenvalue weighted by molar-refractivity contribution is 0.0384. The van der Waals surface area contributed by atoms with Gasteiger partial charge in [0.2, 0.25) is 0 Å². The molecule has 0 atom stereocenters. The fourth-order valence-electron chi connectivity index (χ4n) is 2.94. The first-order valence-corrected chi connectivity index (χ1v) is 8.32. The zero-order chi connectivity index (χ0) is 14.0. The zero-order valence-electron chi connectivity index (χ0n) is 11.9. The molecule has 1 aromatic rings. The van der Waals surface area contributed by atoms with Crippen LogP contribution in [-0.2, 0) is 16.6 Å². The van der Waals surface area contributed by atoms with E-state index >= 15 is 0 Å². The molecule has 0 spiro atoms.